The number of piperidine rings is 1. The van der Waals surface area contributed by atoms with Crippen LogP contribution in [-0.2, 0) is 30.3 Å². The van der Waals surface area contributed by atoms with Gasteiger partial charge in [-0.25, -0.2) is 4.79 Å². The predicted molar refractivity (Wildman–Crippen MR) is 180 cm³/mol. The van der Waals surface area contributed by atoms with Gasteiger partial charge in [-0.2, -0.15) is 0 Å². The van der Waals surface area contributed by atoms with E-state index in [-0.39, 0.29) is 19.9 Å². The average Bonchev–Trinajstić information content (AvgIpc) is 3.08. The van der Waals surface area contributed by atoms with E-state index < -0.39 is 35.2 Å². The molecule has 0 aliphatic carbocycles. The van der Waals surface area contributed by atoms with Gasteiger partial charge in [0.25, 0.3) is 11.8 Å². The molecule has 0 aromatic heterocycles. The van der Waals surface area contributed by atoms with E-state index in [2.05, 4.69) is 5.32 Å². The van der Waals surface area contributed by atoms with E-state index >= 15 is 0 Å². The van der Waals surface area contributed by atoms with Crippen molar-refractivity contribution in [3.05, 3.63) is 53.6 Å². The fraction of sp³-hybridized carbons (Fsp3) is 0.556. The minimum absolute atomic E-state index is 0. The summed E-state index contributed by atoms with van der Waals surface area (Å²) in [6.07, 6.45) is 3.27. The molecule has 1 fully saturated rings. The Morgan fingerprint density at radius 3 is 2.47 bits per heavy atom. The van der Waals surface area contributed by atoms with Gasteiger partial charge in [0.15, 0.2) is 18.1 Å². The smallest absolute Gasteiger partial charge is 0.329 e. The highest BCUT2D eigenvalue weighted by Gasteiger charge is 2.41. The number of nitrogens with one attached hydrogen (secondary N) is 1. The second-order valence-corrected chi connectivity index (χ2v) is 12.1. The molecule has 11 heteroatoms. The van der Waals surface area contributed by atoms with Crippen LogP contribution in [0.3, 0.4) is 0 Å². The summed E-state index contributed by atoms with van der Waals surface area (Å²) in [6.45, 7) is 6.44. The third-order valence-electron chi connectivity index (χ3n) is 8.43. The number of aryl methyl sites for hydroxylation is 1. The molecule has 2 aromatic carbocycles. The Bertz CT molecular complexity index is 1350. The Labute approximate surface area is 279 Å². The van der Waals surface area contributed by atoms with Crippen molar-refractivity contribution >= 4 is 23.6 Å². The number of ether oxygens (including phenoxy) is 4. The number of hydrogen-bond donors (Lipinski definition) is 2. The van der Waals surface area contributed by atoms with Crippen LogP contribution in [-0.4, -0.2) is 75.0 Å². The lowest BCUT2D eigenvalue weighted by Gasteiger charge is -2.36. The Balaban J connectivity index is 0.00000768. The summed E-state index contributed by atoms with van der Waals surface area (Å²) in [7, 11) is 3.14. The number of ketones is 1. The lowest BCUT2D eigenvalue weighted by atomic mass is 9.84. The zero-order valence-electron chi connectivity index (χ0n) is 27.8. The number of esters is 1. The number of methoxy groups -OCH3 is 2. The van der Waals surface area contributed by atoms with Crippen LogP contribution >= 0.6 is 0 Å². The summed E-state index contributed by atoms with van der Waals surface area (Å²) in [5.41, 5.74) is 6.28. The molecule has 1 unspecified atom stereocenters. The Kier molecular flexibility index (Phi) is 15.7. The third-order valence-corrected chi connectivity index (χ3v) is 8.43. The third kappa shape index (κ3) is 11.0. The monoisotopic (exact) mass is 655 g/mol. The number of benzene rings is 2. The number of amides is 2. The molecule has 0 saturated carbocycles. The molecule has 47 heavy (non-hydrogen) atoms. The highest BCUT2D eigenvalue weighted by Crippen LogP contribution is 2.32. The number of nitrogens with zero attached hydrogens (tertiary/aromatic N) is 1. The van der Waals surface area contributed by atoms with Gasteiger partial charge < -0.3 is 34.9 Å². The molecule has 3 rings (SSSR count). The molecule has 3 N–H and O–H groups in total. The number of Topliss-reactive ketones (excluding diaryl/α,β-unsaturated/α-hetero) is 1. The van der Waals surface area contributed by atoms with Crippen LogP contribution in [0.1, 0.15) is 84.0 Å². The molecule has 0 radical (unpaired) electrons. The van der Waals surface area contributed by atoms with E-state index in [1.165, 1.54) is 4.90 Å². The van der Waals surface area contributed by atoms with Gasteiger partial charge in [-0.3, -0.25) is 14.4 Å². The number of likely N-dealkylation sites (tertiary alicyclic amines) is 1. The Hall–Kier alpha value is -4.12. The second kappa shape index (κ2) is 18.9. The number of carbonyl (C=O) groups is 4. The lowest BCUT2D eigenvalue weighted by Crippen LogP contribution is -2.53. The number of carbonyl (C=O) groups excluding carboxylic acids is 4. The van der Waals surface area contributed by atoms with Crippen molar-refractivity contribution in [2.24, 2.45) is 11.1 Å². The van der Waals surface area contributed by atoms with Crippen LogP contribution in [0.2, 0.25) is 0 Å². The first kappa shape index (κ1) is 39.1. The molecule has 1 saturated heterocycles. The van der Waals surface area contributed by atoms with Crippen molar-refractivity contribution in [3.8, 4) is 17.2 Å². The van der Waals surface area contributed by atoms with Gasteiger partial charge in [-0.1, -0.05) is 46.4 Å². The van der Waals surface area contributed by atoms with Gasteiger partial charge in [0.2, 0.25) is 5.78 Å². The van der Waals surface area contributed by atoms with Crippen LogP contribution in [0.4, 0.5) is 0 Å². The molecule has 1 heterocycles. The molecule has 11 nitrogen and oxygen atoms in total. The fourth-order valence-corrected chi connectivity index (χ4v) is 5.18. The van der Waals surface area contributed by atoms with Gasteiger partial charge in [0, 0.05) is 18.5 Å². The fourth-order valence-electron chi connectivity index (χ4n) is 5.18. The van der Waals surface area contributed by atoms with E-state index in [9.17, 15) is 19.2 Å². The number of hydrogen-bond acceptors (Lipinski definition) is 9. The zero-order valence-corrected chi connectivity index (χ0v) is 27.8. The topological polar surface area (TPSA) is 146 Å². The zero-order chi connectivity index (χ0) is 33.7. The minimum atomic E-state index is -0.863. The van der Waals surface area contributed by atoms with Crippen LogP contribution in [0.15, 0.2) is 42.5 Å². The first-order valence-electron chi connectivity index (χ1n) is 16.0. The highest BCUT2D eigenvalue weighted by molar-refractivity contribution is 6.38. The maximum absolute atomic E-state index is 13.8. The predicted octanol–water partition coefficient (Wildman–Crippen LogP) is 4.79. The first-order valence-corrected chi connectivity index (χ1v) is 16.0. The summed E-state index contributed by atoms with van der Waals surface area (Å²) in [5.74, 6) is -0.331. The van der Waals surface area contributed by atoms with Crippen LogP contribution < -0.4 is 25.3 Å². The van der Waals surface area contributed by atoms with Crippen LogP contribution in [0.5, 0.6) is 17.2 Å². The Morgan fingerprint density at radius 2 is 1.79 bits per heavy atom. The summed E-state index contributed by atoms with van der Waals surface area (Å²) < 4.78 is 22.7. The largest absolute Gasteiger partial charge is 0.493 e. The number of nitrogens with two attached hydrogens (primary N) is 1. The van der Waals surface area contributed by atoms with Gasteiger partial charge in [-0.05, 0) is 86.9 Å². The molecular formula is C36H53N3O8. The lowest BCUT2D eigenvalue weighted by molar-refractivity contribution is -0.164. The quantitative estimate of drug-likeness (QED) is 0.140. The van der Waals surface area contributed by atoms with Crippen molar-refractivity contribution < 1.29 is 38.1 Å². The van der Waals surface area contributed by atoms with Crippen molar-refractivity contribution in [2.45, 2.75) is 85.3 Å². The summed E-state index contributed by atoms with van der Waals surface area (Å²) in [6, 6.07) is 11.8. The van der Waals surface area contributed by atoms with E-state index in [1.54, 1.807) is 46.3 Å². The van der Waals surface area contributed by atoms with E-state index in [0.29, 0.717) is 81.0 Å². The average molecular weight is 656 g/mol. The molecule has 260 valence electrons. The normalized spacial score (nSPS) is 15.1. The van der Waals surface area contributed by atoms with Crippen molar-refractivity contribution in [3.63, 3.8) is 0 Å². The second-order valence-electron chi connectivity index (χ2n) is 12.1. The van der Waals surface area contributed by atoms with Crippen LogP contribution in [0, 0.1) is 5.41 Å². The molecule has 2 aromatic rings. The molecule has 1 aliphatic heterocycles. The molecule has 2 atom stereocenters. The molecule has 2 amide bonds. The highest BCUT2D eigenvalue weighted by atomic mass is 16.5. The number of rotatable bonds is 17. The molecule has 1 aliphatic rings. The maximum atomic E-state index is 13.8. The molecule has 0 bridgehead atoms. The SMILES string of the molecule is C.CCC(C)(C)C(=O)C(=O)N1CCCCC1C(=O)O[C@H](CCc1ccc(OC)c(OC)c1)c1cccc(OCC(=O)NCCCN)c1. The summed E-state index contributed by atoms with van der Waals surface area (Å²) in [5, 5.41) is 2.75. The minimum Gasteiger partial charge on any atom is -0.493 e. The molecule has 0 spiro atoms. The van der Waals surface area contributed by atoms with Crippen molar-refractivity contribution in [2.75, 3.05) is 40.5 Å². The van der Waals surface area contributed by atoms with Gasteiger partial charge in [0.05, 0.1) is 14.2 Å². The summed E-state index contributed by atoms with van der Waals surface area (Å²) >= 11 is 0. The van der Waals surface area contributed by atoms with Crippen molar-refractivity contribution in [1.29, 1.82) is 0 Å². The first-order chi connectivity index (χ1) is 22.0. The van der Waals surface area contributed by atoms with Gasteiger partial charge >= 0.3 is 5.97 Å². The van der Waals surface area contributed by atoms with Gasteiger partial charge in [-0.15, -0.1) is 0 Å². The maximum Gasteiger partial charge on any atom is 0.329 e. The van der Waals surface area contributed by atoms with E-state index in [0.717, 1.165) is 12.0 Å². The standard InChI is InChI=1S/C35H49N3O8.CH4/c1-6-35(2,3)32(40)33(41)38-20-8-7-13-27(38)34(42)46-28(16-14-24-15-17-29(43-4)30(21-24)44-5)25-11-9-12-26(22-25)45-23-31(39)37-19-10-18-36;/h9,11-12,15,17,21-22,27-28H,6-8,10,13-14,16,18-20,23,36H2,1-5H3,(H,37,39);1H4/t27?,28-;/m1./s1. The van der Waals surface area contributed by atoms with Crippen molar-refractivity contribution in [1.82, 2.24) is 10.2 Å². The van der Waals surface area contributed by atoms with E-state index in [4.69, 9.17) is 24.7 Å². The Morgan fingerprint density at radius 1 is 1.04 bits per heavy atom. The van der Waals surface area contributed by atoms with E-state index in [1.807, 2.05) is 31.2 Å². The van der Waals surface area contributed by atoms with Gasteiger partial charge in [0.1, 0.15) is 17.9 Å². The molecular weight excluding hydrogens is 602 g/mol. The van der Waals surface area contributed by atoms with Crippen LogP contribution in [0.25, 0.3) is 0 Å². The summed E-state index contributed by atoms with van der Waals surface area (Å²) in [4.78, 5) is 53.8.